The summed E-state index contributed by atoms with van der Waals surface area (Å²) in [7, 11) is 0. The van der Waals surface area contributed by atoms with Crippen molar-refractivity contribution < 1.29 is 19.0 Å². The third-order valence-corrected chi connectivity index (χ3v) is 5.26. The summed E-state index contributed by atoms with van der Waals surface area (Å²) >= 11 is 0. The molecule has 0 saturated carbocycles. The molecule has 1 fully saturated rings. The van der Waals surface area contributed by atoms with Crippen LogP contribution < -0.4 is 14.8 Å². The molecular formula is C22H22N6O4. The molecule has 0 atom stereocenters. The van der Waals surface area contributed by atoms with Crippen LogP contribution in [0.1, 0.15) is 5.56 Å². The van der Waals surface area contributed by atoms with E-state index in [-0.39, 0.29) is 11.6 Å². The Labute approximate surface area is 184 Å². The summed E-state index contributed by atoms with van der Waals surface area (Å²) in [5.41, 5.74) is 0.835. The number of cyclic esters (lactones) is 1. The lowest BCUT2D eigenvalue weighted by Crippen LogP contribution is -2.48. The average molecular weight is 434 g/mol. The van der Waals surface area contributed by atoms with Gasteiger partial charge in [-0.1, -0.05) is 12.1 Å². The number of nitrogens with zero attached hydrogens (tertiary/aromatic N) is 4. The number of piperazine rings is 1. The zero-order chi connectivity index (χ0) is 21.9. The number of carbonyl (C=O) groups excluding carboxylic acids is 1. The molecular weight excluding hydrogens is 412 g/mol. The van der Waals surface area contributed by atoms with Gasteiger partial charge in [-0.05, 0) is 24.3 Å². The van der Waals surface area contributed by atoms with Crippen molar-refractivity contribution in [1.82, 2.24) is 14.8 Å². The van der Waals surface area contributed by atoms with Gasteiger partial charge < -0.3 is 29.3 Å². The monoisotopic (exact) mass is 434 g/mol. The Kier molecular flexibility index (Phi) is 5.32. The van der Waals surface area contributed by atoms with Crippen LogP contribution in [0, 0.1) is 5.41 Å². The molecule has 0 aliphatic carbocycles. The van der Waals surface area contributed by atoms with Gasteiger partial charge in [0.25, 0.3) is 0 Å². The van der Waals surface area contributed by atoms with Crippen molar-refractivity contribution in [1.29, 1.82) is 5.41 Å². The molecule has 0 amide bonds. The summed E-state index contributed by atoms with van der Waals surface area (Å²) < 4.78 is 16.7. The van der Waals surface area contributed by atoms with Crippen LogP contribution in [0.2, 0.25) is 0 Å². The van der Waals surface area contributed by atoms with Gasteiger partial charge in [0.05, 0.1) is 5.56 Å². The summed E-state index contributed by atoms with van der Waals surface area (Å²) in [5, 5.41) is 11.3. The fourth-order valence-electron chi connectivity index (χ4n) is 3.64. The van der Waals surface area contributed by atoms with Crippen LogP contribution in [-0.4, -0.2) is 72.0 Å². The van der Waals surface area contributed by atoms with Gasteiger partial charge in [0.2, 0.25) is 5.90 Å². The van der Waals surface area contributed by atoms with Gasteiger partial charge >= 0.3 is 5.97 Å². The SMILES string of the molecule is N=C(Nc1ccccn1)N1CCN(/C=C2/N=C(c3cccc4c3OCCO4)OC2=O)CC1. The van der Waals surface area contributed by atoms with E-state index in [0.29, 0.717) is 68.2 Å². The second kappa shape index (κ2) is 8.58. The highest BCUT2D eigenvalue weighted by Crippen LogP contribution is 2.35. The number of rotatable bonds is 3. The summed E-state index contributed by atoms with van der Waals surface area (Å²) in [4.78, 5) is 24.9. The summed E-state index contributed by atoms with van der Waals surface area (Å²) in [6.07, 6.45) is 3.40. The van der Waals surface area contributed by atoms with E-state index in [1.165, 1.54) is 0 Å². The van der Waals surface area contributed by atoms with Crippen LogP contribution in [0.5, 0.6) is 11.5 Å². The zero-order valence-corrected chi connectivity index (χ0v) is 17.3. The number of ether oxygens (including phenoxy) is 3. The molecule has 10 nitrogen and oxygen atoms in total. The van der Waals surface area contributed by atoms with Gasteiger partial charge in [-0.15, -0.1) is 0 Å². The van der Waals surface area contributed by atoms with Crippen LogP contribution in [0.4, 0.5) is 5.82 Å². The largest absolute Gasteiger partial charge is 0.486 e. The molecule has 1 saturated heterocycles. The molecule has 3 aliphatic rings. The lowest BCUT2D eigenvalue weighted by Gasteiger charge is -2.35. The van der Waals surface area contributed by atoms with Crippen LogP contribution >= 0.6 is 0 Å². The van der Waals surface area contributed by atoms with E-state index >= 15 is 0 Å². The van der Waals surface area contributed by atoms with Gasteiger partial charge in [0.1, 0.15) is 19.0 Å². The Morgan fingerprint density at radius 3 is 2.72 bits per heavy atom. The number of guanidine groups is 1. The Morgan fingerprint density at radius 1 is 1.06 bits per heavy atom. The topological polar surface area (TPSA) is 112 Å². The minimum Gasteiger partial charge on any atom is -0.486 e. The predicted molar refractivity (Wildman–Crippen MR) is 117 cm³/mol. The predicted octanol–water partition coefficient (Wildman–Crippen LogP) is 1.66. The molecule has 32 heavy (non-hydrogen) atoms. The Hall–Kier alpha value is -4.08. The van der Waals surface area contributed by atoms with Crippen molar-refractivity contribution in [2.45, 2.75) is 0 Å². The number of anilines is 1. The third-order valence-electron chi connectivity index (χ3n) is 5.26. The second-order valence-corrected chi connectivity index (χ2v) is 7.36. The quantitative estimate of drug-likeness (QED) is 0.325. The van der Waals surface area contributed by atoms with Gasteiger partial charge in [-0.25, -0.2) is 14.8 Å². The van der Waals surface area contributed by atoms with E-state index < -0.39 is 5.97 Å². The van der Waals surface area contributed by atoms with Gasteiger partial charge in [0, 0.05) is 38.6 Å². The number of hydrogen-bond acceptors (Lipinski definition) is 8. The van der Waals surface area contributed by atoms with Crippen molar-refractivity contribution in [2.24, 2.45) is 4.99 Å². The zero-order valence-electron chi connectivity index (χ0n) is 17.3. The molecule has 10 heteroatoms. The van der Waals surface area contributed by atoms with E-state index in [4.69, 9.17) is 19.6 Å². The molecule has 2 N–H and O–H groups in total. The maximum Gasteiger partial charge on any atom is 0.365 e. The number of hydrogen-bond donors (Lipinski definition) is 2. The van der Waals surface area contributed by atoms with E-state index in [1.54, 1.807) is 18.5 Å². The maximum atomic E-state index is 12.4. The van der Waals surface area contributed by atoms with Crippen molar-refractivity contribution in [2.75, 3.05) is 44.7 Å². The van der Waals surface area contributed by atoms with Crippen LogP contribution in [0.3, 0.4) is 0 Å². The lowest BCUT2D eigenvalue weighted by molar-refractivity contribution is -0.130. The molecule has 0 unspecified atom stereocenters. The van der Waals surface area contributed by atoms with Crippen molar-refractivity contribution in [3.63, 3.8) is 0 Å². The average Bonchev–Trinajstić information content (AvgIpc) is 3.19. The first kappa shape index (κ1) is 19.9. The Morgan fingerprint density at radius 2 is 1.91 bits per heavy atom. The minimum atomic E-state index is -0.499. The second-order valence-electron chi connectivity index (χ2n) is 7.36. The van der Waals surface area contributed by atoms with E-state index in [9.17, 15) is 4.79 Å². The van der Waals surface area contributed by atoms with Gasteiger partial charge in [-0.2, -0.15) is 0 Å². The standard InChI is InChI=1S/C22H22N6O4/c23-22(26-18-6-1-2-7-24-18)28-10-8-27(9-11-28)14-16-21(29)32-20(25-16)15-4-3-5-17-19(15)31-13-12-30-17/h1-7,14H,8-13H2,(H2,23,24,26)/b16-14+. The normalized spacial score (nSPS) is 18.9. The van der Waals surface area contributed by atoms with Crippen molar-refractivity contribution >= 4 is 23.6 Å². The van der Waals surface area contributed by atoms with Crippen LogP contribution in [-0.2, 0) is 9.53 Å². The summed E-state index contributed by atoms with van der Waals surface area (Å²) in [6, 6.07) is 10.9. The number of benzene rings is 1. The molecule has 1 aromatic carbocycles. The summed E-state index contributed by atoms with van der Waals surface area (Å²) in [5.74, 6) is 1.80. The number of aliphatic imine (C=N–C) groups is 1. The molecule has 5 rings (SSSR count). The first-order chi connectivity index (χ1) is 15.7. The smallest absolute Gasteiger partial charge is 0.365 e. The number of aromatic nitrogens is 1. The molecule has 0 spiro atoms. The number of pyridine rings is 1. The number of carbonyl (C=O) groups is 1. The highest BCUT2D eigenvalue weighted by atomic mass is 16.6. The lowest BCUT2D eigenvalue weighted by atomic mass is 10.1. The summed E-state index contributed by atoms with van der Waals surface area (Å²) in [6.45, 7) is 3.46. The molecule has 2 aromatic rings. The van der Waals surface area contributed by atoms with Crippen LogP contribution in [0.15, 0.2) is 59.5 Å². The number of nitrogens with one attached hydrogen (secondary N) is 2. The fraction of sp³-hybridized carbons (Fsp3) is 0.273. The third kappa shape index (κ3) is 4.07. The Bertz CT molecular complexity index is 1090. The molecule has 1 aromatic heterocycles. The first-order valence-corrected chi connectivity index (χ1v) is 10.3. The highest BCUT2D eigenvalue weighted by Gasteiger charge is 2.30. The van der Waals surface area contributed by atoms with Crippen molar-refractivity contribution in [3.8, 4) is 11.5 Å². The molecule has 3 aliphatic heterocycles. The van der Waals surface area contributed by atoms with E-state index in [2.05, 4.69) is 15.3 Å². The van der Waals surface area contributed by atoms with Gasteiger partial charge in [0.15, 0.2) is 23.2 Å². The number of para-hydroxylation sites is 1. The maximum absolute atomic E-state index is 12.4. The Balaban J connectivity index is 1.24. The molecule has 0 radical (unpaired) electrons. The molecule has 0 bridgehead atoms. The number of esters is 1. The van der Waals surface area contributed by atoms with Crippen LogP contribution in [0.25, 0.3) is 0 Å². The molecule has 164 valence electrons. The van der Waals surface area contributed by atoms with E-state index in [1.807, 2.05) is 40.1 Å². The first-order valence-electron chi connectivity index (χ1n) is 10.3. The highest BCUT2D eigenvalue weighted by molar-refractivity contribution is 6.12. The minimum absolute atomic E-state index is 0.212. The fourth-order valence-corrected chi connectivity index (χ4v) is 3.64. The van der Waals surface area contributed by atoms with Crippen molar-refractivity contribution in [3.05, 3.63) is 60.1 Å². The van der Waals surface area contributed by atoms with Gasteiger partial charge in [-0.3, -0.25) is 5.41 Å². The van der Waals surface area contributed by atoms with E-state index in [0.717, 1.165) is 0 Å². The molecule has 4 heterocycles. The number of fused-ring (bicyclic) bond motifs is 1.